The normalized spacial score (nSPS) is 10.7. The minimum Gasteiger partial charge on any atom is -0.489 e. The molecule has 7 heteroatoms. The lowest BCUT2D eigenvalue weighted by Crippen LogP contribution is -2.22. The molecule has 4 aromatic rings. The van der Waals surface area contributed by atoms with Crippen molar-refractivity contribution >= 4 is 0 Å². The summed E-state index contributed by atoms with van der Waals surface area (Å²) in [5.74, 6) is 1.20. The number of benzene rings is 2. The van der Waals surface area contributed by atoms with Gasteiger partial charge in [0, 0.05) is 12.7 Å². The van der Waals surface area contributed by atoms with Crippen molar-refractivity contribution in [2.45, 2.75) is 19.6 Å². The summed E-state index contributed by atoms with van der Waals surface area (Å²) in [4.78, 5) is 12.7. The molecule has 140 valence electrons. The van der Waals surface area contributed by atoms with Gasteiger partial charge in [0.15, 0.2) is 5.82 Å². The molecule has 0 fully saturated rings. The molecular formula is C21H19N5O2. The van der Waals surface area contributed by atoms with Crippen LogP contribution in [-0.4, -0.2) is 25.2 Å². The Hall–Kier alpha value is -3.74. The van der Waals surface area contributed by atoms with Gasteiger partial charge in [-0.1, -0.05) is 48.5 Å². The highest BCUT2D eigenvalue weighted by atomic mass is 16.5. The van der Waals surface area contributed by atoms with E-state index in [1.165, 1.54) is 0 Å². The smallest absolute Gasteiger partial charge is 0.261 e. The summed E-state index contributed by atoms with van der Waals surface area (Å²) < 4.78 is 7.66. The van der Waals surface area contributed by atoms with Crippen molar-refractivity contribution < 1.29 is 4.74 Å². The van der Waals surface area contributed by atoms with Gasteiger partial charge in [-0.05, 0) is 46.2 Å². The van der Waals surface area contributed by atoms with Crippen molar-refractivity contribution in [1.29, 1.82) is 0 Å². The number of aromatic amines is 1. The minimum atomic E-state index is -0.135. The predicted octanol–water partition coefficient (Wildman–Crippen LogP) is 2.85. The Kier molecular flexibility index (Phi) is 5.24. The molecule has 0 saturated carbocycles. The minimum absolute atomic E-state index is 0.135. The summed E-state index contributed by atoms with van der Waals surface area (Å²) in [6, 6.07) is 21.5. The second kappa shape index (κ2) is 8.30. The number of aryl methyl sites for hydroxylation is 2. The van der Waals surface area contributed by atoms with Crippen LogP contribution < -0.4 is 10.3 Å². The molecule has 4 rings (SSSR count). The van der Waals surface area contributed by atoms with Crippen LogP contribution in [0.25, 0.3) is 11.4 Å². The number of hydrogen-bond donors (Lipinski definition) is 1. The number of hydrogen-bond acceptors (Lipinski definition) is 5. The van der Waals surface area contributed by atoms with Crippen LogP contribution >= 0.6 is 0 Å². The third-order valence-corrected chi connectivity index (χ3v) is 4.45. The van der Waals surface area contributed by atoms with Gasteiger partial charge < -0.3 is 9.30 Å². The van der Waals surface area contributed by atoms with E-state index in [0.29, 0.717) is 31.0 Å². The molecular weight excluding hydrogens is 354 g/mol. The summed E-state index contributed by atoms with van der Waals surface area (Å²) in [6.07, 6.45) is 2.44. The fourth-order valence-corrected chi connectivity index (χ4v) is 2.99. The highest BCUT2D eigenvalue weighted by Gasteiger charge is 2.10. The van der Waals surface area contributed by atoms with Gasteiger partial charge in [0.1, 0.15) is 12.4 Å². The maximum atomic E-state index is 12.7. The standard InChI is InChI=1S/C21H19N5O2/c27-21-18(20-22-24-25-23-20)10-6-13-26(21)14-12-17-9-4-5-11-19(17)28-15-16-7-2-1-3-8-16/h1-11,13H,12,14-15H2,(H,22,23,24,25). The SMILES string of the molecule is O=c1c(-c2nnn[nH]2)cccn1CCc1ccccc1OCc1ccccc1. The molecule has 0 atom stereocenters. The van der Waals surface area contributed by atoms with E-state index in [1.807, 2.05) is 60.7 Å². The number of H-pyrrole nitrogens is 1. The zero-order valence-electron chi connectivity index (χ0n) is 15.2. The van der Waals surface area contributed by atoms with E-state index < -0.39 is 0 Å². The number of nitrogens with one attached hydrogen (secondary N) is 1. The quantitative estimate of drug-likeness (QED) is 0.538. The van der Waals surface area contributed by atoms with Crippen LogP contribution in [0.3, 0.4) is 0 Å². The molecule has 0 spiro atoms. The molecule has 0 saturated heterocycles. The predicted molar refractivity (Wildman–Crippen MR) is 105 cm³/mol. The molecule has 7 nitrogen and oxygen atoms in total. The third kappa shape index (κ3) is 3.98. The van der Waals surface area contributed by atoms with E-state index >= 15 is 0 Å². The van der Waals surface area contributed by atoms with Gasteiger partial charge in [-0.2, -0.15) is 0 Å². The van der Waals surface area contributed by atoms with E-state index in [0.717, 1.165) is 16.9 Å². The molecule has 0 unspecified atom stereocenters. The molecule has 2 aromatic heterocycles. The van der Waals surface area contributed by atoms with Crippen LogP contribution in [0.1, 0.15) is 11.1 Å². The van der Waals surface area contributed by atoms with Crippen molar-refractivity contribution in [2.24, 2.45) is 0 Å². The van der Waals surface area contributed by atoms with Crippen molar-refractivity contribution in [1.82, 2.24) is 25.2 Å². The highest BCUT2D eigenvalue weighted by molar-refractivity contribution is 5.51. The zero-order chi connectivity index (χ0) is 19.2. The first kappa shape index (κ1) is 17.7. The average molecular weight is 373 g/mol. The topological polar surface area (TPSA) is 85.7 Å². The second-order valence-corrected chi connectivity index (χ2v) is 6.30. The van der Waals surface area contributed by atoms with Gasteiger partial charge in [0.25, 0.3) is 5.56 Å². The van der Waals surface area contributed by atoms with Crippen LogP contribution in [0.4, 0.5) is 0 Å². The van der Waals surface area contributed by atoms with E-state index in [1.54, 1.807) is 16.8 Å². The van der Waals surface area contributed by atoms with Gasteiger partial charge in [0.2, 0.25) is 0 Å². The Labute approximate surface area is 161 Å². The second-order valence-electron chi connectivity index (χ2n) is 6.30. The van der Waals surface area contributed by atoms with E-state index in [-0.39, 0.29) is 5.56 Å². The lowest BCUT2D eigenvalue weighted by atomic mass is 10.1. The van der Waals surface area contributed by atoms with Crippen LogP contribution in [0.2, 0.25) is 0 Å². The summed E-state index contributed by atoms with van der Waals surface area (Å²) in [5, 5.41) is 13.5. The summed E-state index contributed by atoms with van der Waals surface area (Å²) in [5.41, 5.74) is 2.48. The zero-order valence-corrected chi connectivity index (χ0v) is 15.2. The number of nitrogens with zero attached hydrogens (tertiary/aromatic N) is 4. The maximum absolute atomic E-state index is 12.7. The average Bonchev–Trinajstić information content (AvgIpc) is 3.27. The van der Waals surface area contributed by atoms with Crippen molar-refractivity contribution in [3.8, 4) is 17.1 Å². The molecule has 0 aliphatic heterocycles. The lowest BCUT2D eigenvalue weighted by molar-refractivity contribution is 0.302. The monoisotopic (exact) mass is 373 g/mol. The van der Waals surface area contributed by atoms with Gasteiger partial charge in [0.05, 0.1) is 5.56 Å². The third-order valence-electron chi connectivity index (χ3n) is 4.45. The van der Waals surface area contributed by atoms with Crippen LogP contribution in [0, 0.1) is 0 Å². The van der Waals surface area contributed by atoms with Gasteiger partial charge in [-0.3, -0.25) is 4.79 Å². The Bertz CT molecular complexity index is 1090. The maximum Gasteiger partial charge on any atom is 0.261 e. The van der Waals surface area contributed by atoms with Gasteiger partial charge in [-0.25, -0.2) is 5.10 Å². The molecule has 1 N–H and O–H groups in total. The molecule has 2 heterocycles. The number of tetrazole rings is 1. The molecule has 0 aliphatic carbocycles. The molecule has 0 amide bonds. The lowest BCUT2D eigenvalue weighted by Gasteiger charge is -2.12. The van der Waals surface area contributed by atoms with E-state index in [2.05, 4.69) is 20.6 Å². The molecule has 2 aromatic carbocycles. The Morgan fingerprint density at radius 1 is 0.964 bits per heavy atom. The first-order valence-electron chi connectivity index (χ1n) is 8.99. The first-order chi connectivity index (χ1) is 13.8. The number of para-hydroxylation sites is 1. The van der Waals surface area contributed by atoms with Crippen molar-refractivity contribution in [3.05, 3.63) is 94.4 Å². The fourth-order valence-electron chi connectivity index (χ4n) is 2.99. The Balaban J connectivity index is 1.49. The molecule has 0 radical (unpaired) electrons. The van der Waals surface area contributed by atoms with Crippen LogP contribution in [-0.2, 0) is 19.6 Å². The largest absolute Gasteiger partial charge is 0.489 e. The summed E-state index contributed by atoms with van der Waals surface area (Å²) in [7, 11) is 0. The van der Waals surface area contributed by atoms with Crippen LogP contribution in [0.5, 0.6) is 5.75 Å². The molecule has 0 aliphatic rings. The number of ether oxygens (including phenoxy) is 1. The van der Waals surface area contributed by atoms with Crippen LogP contribution in [0.15, 0.2) is 77.7 Å². The number of pyridine rings is 1. The van der Waals surface area contributed by atoms with Crippen molar-refractivity contribution in [2.75, 3.05) is 0 Å². The van der Waals surface area contributed by atoms with E-state index in [4.69, 9.17) is 4.74 Å². The summed E-state index contributed by atoms with van der Waals surface area (Å²) >= 11 is 0. The van der Waals surface area contributed by atoms with Gasteiger partial charge in [-0.15, -0.1) is 5.10 Å². The van der Waals surface area contributed by atoms with Gasteiger partial charge >= 0.3 is 0 Å². The Morgan fingerprint density at radius 3 is 2.61 bits per heavy atom. The summed E-state index contributed by atoms with van der Waals surface area (Å²) in [6.45, 7) is 1.03. The molecule has 28 heavy (non-hydrogen) atoms. The fraction of sp³-hybridized carbons (Fsp3) is 0.143. The van der Waals surface area contributed by atoms with Crippen molar-refractivity contribution in [3.63, 3.8) is 0 Å². The molecule has 0 bridgehead atoms. The number of aromatic nitrogens is 5. The highest BCUT2D eigenvalue weighted by Crippen LogP contribution is 2.20. The number of rotatable bonds is 7. The Morgan fingerprint density at radius 2 is 1.79 bits per heavy atom. The van der Waals surface area contributed by atoms with E-state index in [9.17, 15) is 4.79 Å². The first-order valence-corrected chi connectivity index (χ1v) is 8.99.